The van der Waals surface area contributed by atoms with Crippen LogP contribution in [0.5, 0.6) is 5.75 Å². The first-order chi connectivity index (χ1) is 19.1. The van der Waals surface area contributed by atoms with Gasteiger partial charge >= 0.3 is 0 Å². The maximum Gasteiger partial charge on any atom is 0.229 e. The lowest BCUT2D eigenvalue weighted by molar-refractivity contribution is 0.291. The minimum atomic E-state index is -3.43. The van der Waals surface area contributed by atoms with Crippen LogP contribution in [0.4, 0.5) is 11.4 Å². The molecule has 2 N–H and O–H groups in total. The van der Waals surface area contributed by atoms with Gasteiger partial charge in [0.1, 0.15) is 24.7 Å². The molecule has 0 aromatic heterocycles. The van der Waals surface area contributed by atoms with E-state index in [0.29, 0.717) is 65.1 Å². The van der Waals surface area contributed by atoms with Gasteiger partial charge in [-0.05, 0) is 42.5 Å². The second kappa shape index (κ2) is 13.1. The molecule has 2 heterocycles. The van der Waals surface area contributed by atoms with Crippen molar-refractivity contribution in [1.29, 1.82) is 0 Å². The fraction of sp³-hybridized carbons (Fsp3) is 0.500. The number of rotatable bonds is 9. The number of benzene rings is 2. The van der Waals surface area contributed by atoms with Crippen LogP contribution in [0.25, 0.3) is 0 Å². The molecule has 11 nitrogen and oxygen atoms in total. The Bertz CT molecular complexity index is 1520. The molecule has 226 valence electrons. The first-order valence-corrected chi connectivity index (χ1v) is 17.0. The molecule has 0 aliphatic carbocycles. The van der Waals surface area contributed by atoms with E-state index in [1.807, 2.05) is 25.1 Å². The number of nitrogens with one attached hydrogen (secondary N) is 2. The standard InChI is InChI=1S/C14H20N2O4S.C14H20N2O3S/c1-9(2)11-8-20-14(15-11)10-6-5-7-12(19-3)13(10)16-21(4,17)18;1-9(2)12-8-19-14(15-12)11-7-5-6-10(3)13(11)16-20(4,17)18/h5-7,9,11,16H,8H2,1-4H3;5-7,9,12,16H,8H2,1-4H3/t11-;12-/m11/s1. The lowest BCUT2D eigenvalue weighted by Crippen LogP contribution is -2.15. The highest BCUT2D eigenvalue weighted by atomic mass is 32.2. The zero-order valence-corrected chi connectivity index (χ0v) is 26.4. The molecule has 0 unspecified atom stereocenters. The third-order valence-electron chi connectivity index (χ3n) is 6.44. The Kier molecular flexibility index (Phi) is 10.3. The molecule has 0 fully saturated rings. The molecule has 41 heavy (non-hydrogen) atoms. The topological polar surface area (TPSA) is 145 Å². The number of anilines is 2. The normalized spacial score (nSPS) is 18.6. The van der Waals surface area contributed by atoms with Crippen molar-refractivity contribution in [2.24, 2.45) is 21.8 Å². The van der Waals surface area contributed by atoms with Crippen LogP contribution < -0.4 is 14.2 Å². The highest BCUT2D eigenvalue weighted by molar-refractivity contribution is 7.92. The number of aliphatic imine (C=N–C) groups is 2. The van der Waals surface area contributed by atoms with Gasteiger partial charge in [-0.1, -0.05) is 45.9 Å². The van der Waals surface area contributed by atoms with E-state index < -0.39 is 20.0 Å². The summed E-state index contributed by atoms with van der Waals surface area (Å²) in [5.41, 5.74) is 3.01. The summed E-state index contributed by atoms with van der Waals surface area (Å²) in [4.78, 5) is 9.08. The molecule has 2 aromatic rings. The number of hydrogen-bond acceptors (Lipinski definition) is 9. The Labute approximate surface area is 243 Å². The maximum absolute atomic E-state index is 11.6. The molecule has 0 radical (unpaired) electrons. The van der Waals surface area contributed by atoms with Crippen molar-refractivity contribution < 1.29 is 31.0 Å². The van der Waals surface area contributed by atoms with Crippen molar-refractivity contribution in [2.75, 3.05) is 42.3 Å². The number of para-hydroxylation sites is 2. The van der Waals surface area contributed by atoms with E-state index in [-0.39, 0.29) is 12.1 Å². The Morgan fingerprint density at radius 1 is 0.780 bits per heavy atom. The van der Waals surface area contributed by atoms with Gasteiger partial charge in [-0.3, -0.25) is 9.44 Å². The number of methoxy groups -OCH3 is 1. The van der Waals surface area contributed by atoms with E-state index in [4.69, 9.17) is 14.2 Å². The molecule has 0 saturated carbocycles. The Morgan fingerprint density at radius 2 is 1.22 bits per heavy atom. The van der Waals surface area contributed by atoms with Crippen LogP contribution in [-0.2, 0) is 29.5 Å². The number of nitrogens with zero attached hydrogens (tertiary/aromatic N) is 2. The van der Waals surface area contributed by atoms with Gasteiger partial charge in [0.15, 0.2) is 0 Å². The molecule has 2 aromatic carbocycles. The van der Waals surface area contributed by atoms with Crippen molar-refractivity contribution >= 4 is 43.2 Å². The molecule has 0 spiro atoms. The van der Waals surface area contributed by atoms with Crippen LogP contribution in [0.3, 0.4) is 0 Å². The molecular formula is C28H40N4O7S2. The van der Waals surface area contributed by atoms with E-state index in [9.17, 15) is 16.8 Å². The van der Waals surface area contributed by atoms with Crippen molar-refractivity contribution in [1.82, 2.24) is 0 Å². The summed E-state index contributed by atoms with van der Waals surface area (Å²) in [6.07, 6.45) is 2.23. The van der Waals surface area contributed by atoms with Gasteiger partial charge in [-0.15, -0.1) is 0 Å². The summed E-state index contributed by atoms with van der Waals surface area (Å²) < 4.78 is 67.6. The Morgan fingerprint density at radius 3 is 1.63 bits per heavy atom. The highest BCUT2D eigenvalue weighted by Crippen LogP contribution is 2.32. The summed E-state index contributed by atoms with van der Waals surface area (Å²) in [5, 5.41) is 0. The molecule has 0 saturated heterocycles. The van der Waals surface area contributed by atoms with Gasteiger partial charge in [0.2, 0.25) is 31.8 Å². The van der Waals surface area contributed by atoms with Crippen LogP contribution in [0.2, 0.25) is 0 Å². The number of hydrogen-bond donors (Lipinski definition) is 2. The van der Waals surface area contributed by atoms with Crippen molar-refractivity contribution in [2.45, 2.75) is 46.7 Å². The highest BCUT2D eigenvalue weighted by Gasteiger charge is 2.27. The quantitative estimate of drug-likeness (QED) is 0.437. The van der Waals surface area contributed by atoms with E-state index in [2.05, 4.69) is 47.1 Å². The van der Waals surface area contributed by atoms with Gasteiger partial charge in [0, 0.05) is 0 Å². The van der Waals surface area contributed by atoms with Crippen LogP contribution in [0.15, 0.2) is 46.4 Å². The first kappa shape index (κ1) is 32.2. The summed E-state index contributed by atoms with van der Waals surface area (Å²) in [6, 6.07) is 11.0. The van der Waals surface area contributed by atoms with Crippen LogP contribution >= 0.6 is 0 Å². The Hall–Kier alpha value is -3.32. The van der Waals surface area contributed by atoms with Crippen LogP contribution in [0, 0.1) is 18.8 Å². The summed E-state index contributed by atoms with van der Waals surface area (Å²) >= 11 is 0. The summed E-state index contributed by atoms with van der Waals surface area (Å²) in [5.74, 6) is 2.14. The minimum absolute atomic E-state index is 0.0808. The van der Waals surface area contributed by atoms with Crippen molar-refractivity contribution in [3.63, 3.8) is 0 Å². The van der Waals surface area contributed by atoms with Crippen molar-refractivity contribution in [3.05, 3.63) is 53.1 Å². The van der Waals surface area contributed by atoms with Gasteiger partial charge in [0.05, 0.1) is 48.5 Å². The van der Waals surface area contributed by atoms with Gasteiger partial charge in [0.25, 0.3) is 0 Å². The lowest BCUT2D eigenvalue weighted by atomic mass is 10.1. The zero-order valence-electron chi connectivity index (χ0n) is 24.8. The zero-order chi connectivity index (χ0) is 30.5. The van der Waals surface area contributed by atoms with E-state index >= 15 is 0 Å². The van der Waals surface area contributed by atoms with Crippen LogP contribution in [0.1, 0.15) is 44.4 Å². The first-order valence-electron chi connectivity index (χ1n) is 13.2. The lowest BCUT2D eigenvalue weighted by Gasteiger charge is -2.14. The SMILES string of the molecule is COc1cccc(C2=N[C@@H](C(C)C)CO2)c1NS(C)(=O)=O.Cc1cccc(C2=N[C@@H](C(C)C)CO2)c1NS(C)(=O)=O. The smallest absolute Gasteiger partial charge is 0.229 e. The molecule has 2 aliphatic rings. The molecule has 13 heteroatoms. The molecule has 2 aliphatic heterocycles. The molecule has 2 atom stereocenters. The number of ether oxygens (including phenoxy) is 3. The summed E-state index contributed by atoms with van der Waals surface area (Å²) in [7, 11) is -5.29. The summed E-state index contributed by atoms with van der Waals surface area (Å²) in [6.45, 7) is 11.2. The maximum atomic E-state index is 11.6. The minimum Gasteiger partial charge on any atom is -0.495 e. The van der Waals surface area contributed by atoms with Gasteiger partial charge < -0.3 is 14.2 Å². The third kappa shape index (κ3) is 8.83. The third-order valence-corrected chi connectivity index (χ3v) is 7.59. The van der Waals surface area contributed by atoms with Crippen LogP contribution in [-0.4, -0.2) is 73.5 Å². The van der Waals surface area contributed by atoms with E-state index in [1.54, 1.807) is 18.2 Å². The second-order valence-electron chi connectivity index (χ2n) is 10.7. The average molecular weight is 609 g/mol. The predicted molar refractivity (Wildman–Crippen MR) is 163 cm³/mol. The Balaban J connectivity index is 0.000000226. The van der Waals surface area contributed by atoms with Gasteiger partial charge in [-0.2, -0.15) is 0 Å². The fourth-order valence-electron chi connectivity index (χ4n) is 4.09. The molecule has 0 amide bonds. The number of sulfonamides is 2. The van der Waals surface area contributed by atoms with E-state index in [0.717, 1.165) is 18.1 Å². The molecular weight excluding hydrogens is 568 g/mol. The van der Waals surface area contributed by atoms with Crippen molar-refractivity contribution in [3.8, 4) is 5.75 Å². The van der Waals surface area contributed by atoms with Gasteiger partial charge in [-0.25, -0.2) is 26.8 Å². The monoisotopic (exact) mass is 608 g/mol. The number of aryl methyl sites for hydroxylation is 1. The molecule has 4 rings (SSSR count). The average Bonchev–Trinajstić information content (AvgIpc) is 3.55. The second-order valence-corrected chi connectivity index (χ2v) is 14.2. The molecule has 0 bridgehead atoms. The van der Waals surface area contributed by atoms with E-state index in [1.165, 1.54) is 7.11 Å². The largest absolute Gasteiger partial charge is 0.495 e. The fourth-order valence-corrected chi connectivity index (χ4v) is 5.32. The predicted octanol–water partition coefficient (Wildman–Crippen LogP) is 4.04.